The zero-order valence-electron chi connectivity index (χ0n) is 11.6. The summed E-state index contributed by atoms with van der Waals surface area (Å²) in [5.74, 6) is -1.37. The molecule has 0 atom stereocenters. The summed E-state index contributed by atoms with van der Waals surface area (Å²) in [5, 5.41) is 11.3. The second kappa shape index (κ2) is 5.00. The molecule has 0 saturated carbocycles. The highest BCUT2D eigenvalue weighted by Gasteiger charge is 2.23. The number of aromatic amines is 1. The van der Waals surface area contributed by atoms with E-state index in [1.165, 1.54) is 19.9 Å². The van der Waals surface area contributed by atoms with E-state index in [1.54, 1.807) is 0 Å². The minimum absolute atomic E-state index is 0.104. The molecule has 0 aliphatic rings. The lowest BCUT2D eigenvalue weighted by atomic mass is 10.2. The molecule has 0 fully saturated rings. The number of hydrogen-bond donors (Lipinski definition) is 4. The van der Waals surface area contributed by atoms with Crippen molar-refractivity contribution in [3.05, 3.63) is 39.3 Å². The maximum Gasteiger partial charge on any atom is 0.354 e. The van der Waals surface area contributed by atoms with Crippen LogP contribution in [0.25, 0.3) is 5.69 Å². The summed E-state index contributed by atoms with van der Waals surface area (Å²) >= 11 is 0. The van der Waals surface area contributed by atoms with Crippen LogP contribution in [0.2, 0.25) is 0 Å². The van der Waals surface area contributed by atoms with Crippen molar-refractivity contribution in [1.82, 2.24) is 9.78 Å². The molecular formula is C12H13N3O6S. The number of aromatic nitrogens is 2. The van der Waals surface area contributed by atoms with Crippen LogP contribution < -0.4 is 11.3 Å². The Balaban J connectivity index is 2.90. The van der Waals surface area contributed by atoms with Gasteiger partial charge < -0.3 is 10.8 Å². The third-order valence-corrected chi connectivity index (χ3v) is 4.09. The lowest BCUT2D eigenvalue weighted by Crippen LogP contribution is -2.19. The lowest BCUT2D eigenvalue weighted by Gasteiger charge is -2.10. The monoisotopic (exact) mass is 327 g/mol. The quantitative estimate of drug-likeness (QED) is 0.467. The largest absolute Gasteiger partial charge is 0.477 e. The topological polar surface area (TPSA) is 155 Å². The minimum Gasteiger partial charge on any atom is -0.477 e. The molecule has 0 radical (unpaired) electrons. The van der Waals surface area contributed by atoms with Crippen molar-refractivity contribution in [3.63, 3.8) is 0 Å². The Hall–Kier alpha value is -2.59. The molecule has 118 valence electrons. The Kier molecular flexibility index (Phi) is 3.59. The van der Waals surface area contributed by atoms with Crippen molar-refractivity contribution in [2.75, 3.05) is 5.73 Å². The van der Waals surface area contributed by atoms with Gasteiger partial charge in [-0.05, 0) is 31.5 Å². The maximum absolute atomic E-state index is 12.1. The van der Waals surface area contributed by atoms with Gasteiger partial charge in [0.1, 0.15) is 10.6 Å². The SMILES string of the molecule is Cc1cc(S(=O)(=O)O)c(-n2[nH]c(C(=O)O)c(C)c2=O)cc1N. The molecule has 5 N–H and O–H groups in total. The first-order valence-corrected chi connectivity index (χ1v) is 7.41. The molecular weight excluding hydrogens is 314 g/mol. The van der Waals surface area contributed by atoms with Crippen LogP contribution in [-0.2, 0) is 10.1 Å². The van der Waals surface area contributed by atoms with Gasteiger partial charge in [-0.15, -0.1) is 0 Å². The number of nitrogens with zero attached hydrogens (tertiary/aromatic N) is 1. The normalized spacial score (nSPS) is 11.6. The van der Waals surface area contributed by atoms with E-state index in [9.17, 15) is 22.6 Å². The van der Waals surface area contributed by atoms with Crippen LogP contribution in [0.1, 0.15) is 21.6 Å². The Labute approximate surface area is 124 Å². The summed E-state index contributed by atoms with van der Waals surface area (Å²) in [4.78, 5) is 22.6. The number of carboxylic acid groups (broad SMARTS) is 1. The number of H-pyrrole nitrogens is 1. The molecule has 0 spiro atoms. The molecule has 2 aromatic rings. The highest BCUT2D eigenvalue weighted by molar-refractivity contribution is 7.86. The fraction of sp³-hybridized carbons (Fsp3) is 0.167. The minimum atomic E-state index is -4.64. The van der Waals surface area contributed by atoms with Gasteiger partial charge in [0.05, 0.1) is 5.69 Å². The standard InChI is InChI=1S/C12H13N3O6S/c1-5-3-9(22(19,20)21)8(4-7(5)13)15-11(16)6(2)10(14-15)12(17)18/h3-4,14H,13H2,1-2H3,(H,17,18)(H,19,20,21). The fourth-order valence-corrected chi connectivity index (χ4v) is 2.71. The van der Waals surface area contributed by atoms with E-state index in [2.05, 4.69) is 5.10 Å². The van der Waals surface area contributed by atoms with Crippen LogP contribution in [-0.4, -0.2) is 33.8 Å². The van der Waals surface area contributed by atoms with Gasteiger partial charge in [-0.25, -0.2) is 9.48 Å². The zero-order chi connectivity index (χ0) is 16.8. The summed E-state index contributed by atoms with van der Waals surface area (Å²) in [5.41, 5.74) is 4.76. The van der Waals surface area contributed by atoms with E-state index in [0.29, 0.717) is 5.56 Å². The van der Waals surface area contributed by atoms with E-state index < -0.39 is 26.5 Å². The summed E-state index contributed by atoms with van der Waals surface area (Å²) in [6.07, 6.45) is 0. The molecule has 1 aromatic carbocycles. The van der Waals surface area contributed by atoms with E-state index in [1.807, 2.05) is 0 Å². The molecule has 0 amide bonds. The zero-order valence-corrected chi connectivity index (χ0v) is 12.4. The maximum atomic E-state index is 12.1. The van der Waals surface area contributed by atoms with Crippen molar-refractivity contribution in [3.8, 4) is 5.69 Å². The summed E-state index contributed by atoms with van der Waals surface area (Å²) in [7, 11) is -4.64. The lowest BCUT2D eigenvalue weighted by molar-refractivity contribution is 0.0689. The number of nitrogens with two attached hydrogens (primary N) is 1. The van der Waals surface area contributed by atoms with Crippen molar-refractivity contribution in [2.24, 2.45) is 0 Å². The Morgan fingerprint density at radius 2 is 1.91 bits per heavy atom. The average molecular weight is 327 g/mol. The molecule has 0 bridgehead atoms. The third kappa shape index (κ3) is 2.49. The van der Waals surface area contributed by atoms with Crippen LogP contribution in [0.4, 0.5) is 5.69 Å². The summed E-state index contributed by atoms with van der Waals surface area (Å²) < 4.78 is 33.0. The molecule has 1 aromatic heterocycles. The van der Waals surface area contributed by atoms with Crippen molar-refractivity contribution >= 4 is 21.8 Å². The number of aryl methyl sites for hydroxylation is 1. The molecule has 0 saturated heterocycles. The molecule has 1 heterocycles. The van der Waals surface area contributed by atoms with Gasteiger partial charge in [-0.3, -0.25) is 14.4 Å². The third-order valence-electron chi connectivity index (χ3n) is 3.20. The number of rotatable bonds is 3. The first kappa shape index (κ1) is 15.8. The number of nitrogens with one attached hydrogen (secondary N) is 1. The van der Waals surface area contributed by atoms with Crippen molar-refractivity contribution in [2.45, 2.75) is 18.7 Å². The van der Waals surface area contributed by atoms with Gasteiger partial charge >= 0.3 is 5.97 Å². The summed E-state index contributed by atoms with van der Waals surface area (Å²) in [6, 6.07) is 2.27. The van der Waals surface area contributed by atoms with Gasteiger partial charge in [0, 0.05) is 11.3 Å². The molecule has 22 heavy (non-hydrogen) atoms. The first-order valence-electron chi connectivity index (χ1n) is 5.97. The number of nitrogen functional groups attached to an aromatic ring is 1. The number of carbonyl (C=O) groups is 1. The molecule has 0 unspecified atom stereocenters. The van der Waals surface area contributed by atoms with E-state index in [-0.39, 0.29) is 22.6 Å². The highest BCUT2D eigenvalue weighted by Crippen LogP contribution is 2.25. The predicted molar refractivity (Wildman–Crippen MR) is 77.1 cm³/mol. The van der Waals surface area contributed by atoms with Crippen molar-refractivity contribution in [1.29, 1.82) is 0 Å². The number of benzene rings is 1. The van der Waals surface area contributed by atoms with Crippen LogP contribution in [0.3, 0.4) is 0 Å². The fourth-order valence-electron chi connectivity index (χ4n) is 1.97. The van der Waals surface area contributed by atoms with Crippen LogP contribution in [0, 0.1) is 13.8 Å². The van der Waals surface area contributed by atoms with E-state index >= 15 is 0 Å². The van der Waals surface area contributed by atoms with Gasteiger partial charge in [-0.2, -0.15) is 8.42 Å². The highest BCUT2D eigenvalue weighted by atomic mass is 32.2. The molecule has 10 heteroatoms. The van der Waals surface area contributed by atoms with Crippen molar-refractivity contribution < 1.29 is 22.9 Å². The number of carboxylic acids is 1. The van der Waals surface area contributed by atoms with Gasteiger partial charge in [0.15, 0.2) is 0 Å². The molecule has 0 aliphatic carbocycles. The Morgan fingerprint density at radius 3 is 2.36 bits per heavy atom. The van der Waals surface area contributed by atoms with Gasteiger partial charge in [-0.1, -0.05) is 0 Å². The van der Waals surface area contributed by atoms with Crippen LogP contribution in [0.15, 0.2) is 21.8 Å². The average Bonchev–Trinajstić information content (AvgIpc) is 2.68. The Morgan fingerprint density at radius 1 is 1.32 bits per heavy atom. The summed E-state index contributed by atoms with van der Waals surface area (Å²) in [6.45, 7) is 2.81. The molecule has 0 aliphatic heterocycles. The first-order chi connectivity index (χ1) is 10.0. The molecule has 9 nitrogen and oxygen atoms in total. The van der Waals surface area contributed by atoms with Crippen LogP contribution >= 0.6 is 0 Å². The second-order valence-corrected chi connectivity index (χ2v) is 6.10. The second-order valence-electron chi connectivity index (χ2n) is 4.71. The number of anilines is 1. The number of hydrogen-bond acceptors (Lipinski definition) is 5. The molecule has 2 rings (SSSR count). The Bertz CT molecular complexity index is 939. The smallest absolute Gasteiger partial charge is 0.354 e. The van der Waals surface area contributed by atoms with Crippen LogP contribution in [0.5, 0.6) is 0 Å². The predicted octanol–water partition coefficient (Wildman–Crippen LogP) is 0.310. The van der Waals surface area contributed by atoms with Gasteiger partial charge in [0.2, 0.25) is 0 Å². The van der Waals surface area contributed by atoms with E-state index in [4.69, 9.17) is 10.8 Å². The van der Waals surface area contributed by atoms with Gasteiger partial charge in [0.25, 0.3) is 15.7 Å². The number of aromatic carboxylic acids is 1. The van der Waals surface area contributed by atoms with E-state index in [0.717, 1.165) is 10.7 Å².